The van der Waals surface area contributed by atoms with Crippen molar-refractivity contribution in [3.05, 3.63) is 64.9 Å². The number of anilines is 2. The first-order chi connectivity index (χ1) is 18.3. The Labute approximate surface area is 229 Å². The van der Waals surface area contributed by atoms with E-state index in [-0.39, 0.29) is 12.0 Å². The van der Waals surface area contributed by atoms with Crippen LogP contribution in [0.5, 0.6) is 11.5 Å². The van der Waals surface area contributed by atoms with Crippen molar-refractivity contribution in [2.45, 2.75) is 71.7 Å². The van der Waals surface area contributed by atoms with Crippen molar-refractivity contribution in [2.75, 3.05) is 23.0 Å². The SMILES string of the molecule is CCCCSc1nc2n(n1)C(c1ccc(OC(C)C)c(OCC)c1)C(C(=O)Nc1cccc(C)c1)=C(C)N2. The summed E-state index contributed by atoms with van der Waals surface area (Å²) in [6.45, 7) is 12.5. The molecule has 9 heteroatoms. The van der Waals surface area contributed by atoms with Gasteiger partial charge < -0.3 is 20.1 Å². The van der Waals surface area contributed by atoms with Crippen molar-refractivity contribution in [2.24, 2.45) is 0 Å². The number of carbonyl (C=O) groups is 1. The highest BCUT2D eigenvalue weighted by Gasteiger charge is 2.35. The third-order valence-corrected chi connectivity index (χ3v) is 6.95. The number of allylic oxidation sites excluding steroid dienone is 1. The van der Waals surface area contributed by atoms with Gasteiger partial charge in [-0.1, -0.05) is 43.3 Å². The molecule has 38 heavy (non-hydrogen) atoms. The van der Waals surface area contributed by atoms with E-state index in [9.17, 15) is 4.79 Å². The topological polar surface area (TPSA) is 90.3 Å². The Bertz CT molecular complexity index is 1320. The van der Waals surface area contributed by atoms with Crippen LogP contribution in [0.15, 0.2) is 58.9 Å². The van der Waals surface area contributed by atoms with Crippen LogP contribution in [0.25, 0.3) is 0 Å². The summed E-state index contributed by atoms with van der Waals surface area (Å²) < 4.78 is 13.7. The summed E-state index contributed by atoms with van der Waals surface area (Å²) in [5.74, 6) is 2.65. The van der Waals surface area contributed by atoms with Gasteiger partial charge in [-0.05, 0) is 76.4 Å². The number of rotatable bonds is 11. The fourth-order valence-corrected chi connectivity index (χ4v) is 5.25. The predicted octanol–water partition coefficient (Wildman–Crippen LogP) is 6.59. The quantitative estimate of drug-likeness (QED) is 0.211. The van der Waals surface area contributed by atoms with E-state index >= 15 is 0 Å². The summed E-state index contributed by atoms with van der Waals surface area (Å²) in [5, 5.41) is 11.9. The second-order valence-electron chi connectivity index (χ2n) is 9.56. The minimum atomic E-state index is -0.503. The van der Waals surface area contributed by atoms with Crippen molar-refractivity contribution in [1.29, 1.82) is 0 Å². The lowest BCUT2D eigenvalue weighted by Crippen LogP contribution is -2.31. The van der Waals surface area contributed by atoms with E-state index in [0.717, 1.165) is 41.1 Å². The first-order valence-corrected chi connectivity index (χ1v) is 14.2. The molecule has 3 aromatic rings. The van der Waals surface area contributed by atoms with Crippen LogP contribution in [-0.2, 0) is 4.79 Å². The fraction of sp³-hybridized carbons (Fsp3) is 0.414. The molecule has 1 atom stereocenters. The molecule has 0 aliphatic carbocycles. The molecule has 1 aliphatic rings. The molecule has 2 N–H and O–H groups in total. The highest BCUT2D eigenvalue weighted by atomic mass is 32.2. The highest BCUT2D eigenvalue weighted by molar-refractivity contribution is 7.99. The van der Waals surface area contributed by atoms with Gasteiger partial charge in [0.15, 0.2) is 11.5 Å². The maximum Gasteiger partial charge on any atom is 0.255 e. The van der Waals surface area contributed by atoms with Crippen LogP contribution in [0.2, 0.25) is 0 Å². The standard InChI is InChI=1S/C29H37N5O3S/c1-7-9-15-38-29-32-28-30-20(6)25(27(35)31-22-12-10-11-19(5)16-22)26(34(28)33-29)21-13-14-23(37-18(3)4)24(17-21)36-8-2/h10-14,16-18,26H,7-9,15H2,1-6H3,(H,31,35)(H,30,32,33). The van der Waals surface area contributed by atoms with Gasteiger partial charge in [0.2, 0.25) is 11.1 Å². The van der Waals surface area contributed by atoms with Gasteiger partial charge in [-0.25, -0.2) is 4.68 Å². The number of fused-ring (bicyclic) bond motifs is 1. The Morgan fingerprint density at radius 2 is 1.97 bits per heavy atom. The highest BCUT2D eigenvalue weighted by Crippen LogP contribution is 2.40. The maximum absolute atomic E-state index is 13.8. The molecule has 1 aromatic heterocycles. The van der Waals surface area contributed by atoms with Crippen molar-refractivity contribution >= 4 is 29.3 Å². The number of hydrogen-bond donors (Lipinski definition) is 2. The van der Waals surface area contributed by atoms with E-state index < -0.39 is 6.04 Å². The Balaban J connectivity index is 1.78. The van der Waals surface area contributed by atoms with Gasteiger partial charge in [0.1, 0.15) is 6.04 Å². The number of amides is 1. The minimum Gasteiger partial charge on any atom is -0.490 e. The molecule has 4 rings (SSSR count). The van der Waals surface area contributed by atoms with Crippen LogP contribution < -0.4 is 20.1 Å². The number of benzene rings is 2. The van der Waals surface area contributed by atoms with E-state index in [1.807, 2.05) is 77.1 Å². The first-order valence-electron chi connectivity index (χ1n) is 13.2. The third kappa shape index (κ3) is 6.32. The average molecular weight is 536 g/mol. The zero-order chi connectivity index (χ0) is 27.2. The summed E-state index contributed by atoms with van der Waals surface area (Å²) in [6.07, 6.45) is 2.19. The number of hydrogen-bond acceptors (Lipinski definition) is 7. The summed E-state index contributed by atoms with van der Waals surface area (Å²) in [4.78, 5) is 18.5. The molecule has 0 bridgehead atoms. The van der Waals surface area contributed by atoms with E-state index in [1.54, 1.807) is 16.4 Å². The van der Waals surface area contributed by atoms with Gasteiger partial charge >= 0.3 is 0 Å². The number of unbranched alkanes of at least 4 members (excludes halogenated alkanes) is 1. The lowest BCUT2D eigenvalue weighted by atomic mass is 9.94. The molecule has 8 nitrogen and oxygen atoms in total. The molecule has 1 unspecified atom stereocenters. The van der Waals surface area contributed by atoms with Gasteiger partial charge in [0, 0.05) is 17.1 Å². The van der Waals surface area contributed by atoms with E-state index in [2.05, 4.69) is 17.6 Å². The average Bonchev–Trinajstić information content (AvgIpc) is 3.26. The van der Waals surface area contributed by atoms with Crippen molar-refractivity contribution < 1.29 is 14.3 Å². The van der Waals surface area contributed by atoms with Crippen LogP contribution in [0.4, 0.5) is 11.6 Å². The lowest BCUT2D eigenvalue weighted by molar-refractivity contribution is -0.113. The number of thioether (sulfide) groups is 1. The first kappa shape index (κ1) is 27.6. The molecule has 1 amide bonds. The van der Waals surface area contributed by atoms with Gasteiger partial charge in [-0.2, -0.15) is 4.98 Å². The van der Waals surface area contributed by atoms with Gasteiger partial charge in [-0.3, -0.25) is 4.79 Å². The molecule has 0 radical (unpaired) electrons. The Kier molecular flexibility index (Phi) is 8.99. The number of aryl methyl sites for hydroxylation is 1. The fourth-order valence-electron chi connectivity index (χ4n) is 4.34. The number of carbonyl (C=O) groups excluding carboxylic acids is 1. The molecule has 202 valence electrons. The monoisotopic (exact) mass is 535 g/mol. The zero-order valence-electron chi connectivity index (χ0n) is 23.0. The molecule has 2 heterocycles. The minimum absolute atomic E-state index is 0.00127. The lowest BCUT2D eigenvalue weighted by Gasteiger charge is -2.29. The molecule has 0 spiro atoms. The molecule has 0 saturated carbocycles. The van der Waals surface area contributed by atoms with Crippen LogP contribution >= 0.6 is 11.8 Å². The number of ether oxygens (including phenoxy) is 2. The molecule has 0 fully saturated rings. The predicted molar refractivity (Wildman–Crippen MR) is 153 cm³/mol. The third-order valence-electron chi connectivity index (χ3n) is 6.03. The molecule has 0 saturated heterocycles. The van der Waals surface area contributed by atoms with Crippen molar-refractivity contribution in [3.8, 4) is 11.5 Å². The molecule has 2 aromatic carbocycles. The number of nitrogens with zero attached hydrogens (tertiary/aromatic N) is 3. The van der Waals surface area contributed by atoms with E-state index in [4.69, 9.17) is 19.6 Å². The van der Waals surface area contributed by atoms with Crippen LogP contribution in [0.3, 0.4) is 0 Å². The summed E-state index contributed by atoms with van der Waals surface area (Å²) in [6, 6.07) is 13.1. The van der Waals surface area contributed by atoms with Crippen LogP contribution in [0.1, 0.15) is 64.6 Å². The Morgan fingerprint density at radius 1 is 1.16 bits per heavy atom. The second-order valence-corrected chi connectivity index (χ2v) is 10.6. The van der Waals surface area contributed by atoms with Crippen molar-refractivity contribution in [3.63, 3.8) is 0 Å². The zero-order valence-corrected chi connectivity index (χ0v) is 23.8. The largest absolute Gasteiger partial charge is 0.490 e. The van der Waals surface area contributed by atoms with Gasteiger partial charge in [-0.15, -0.1) is 5.10 Å². The van der Waals surface area contributed by atoms with Crippen LogP contribution in [0, 0.1) is 6.92 Å². The van der Waals surface area contributed by atoms with Crippen LogP contribution in [-0.4, -0.2) is 39.1 Å². The van der Waals surface area contributed by atoms with E-state index in [0.29, 0.717) is 34.8 Å². The number of aromatic nitrogens is 3. The molecular weight excluding hydrogens is 498 g/mol. The Morgan fingerprint density at radius 3 is 2.68 bits per heavy atom. The summed E-state index contributed by atoms with van der Waals surface area (Å²) in [5.41, 5.74) is 3.96. The van der Waals surface area contributed by atoms with Gasteiger partial charge in [0.05, 0.1) is 18.3 Å². The number of nitrogens with one attached hydrogen (secondary N) is 2. The molecular formula is C29H37N5O3S. The Hall–Kier alpha value is -3.46. The smallest absolute Gasteiger partial charge is 0.255 e. The maximum atomic E-state index is 13.8. The van der Waals surface area contributed by atoms with Gasteiger partial charge in [0.25, 0.3) is 5.91 Å². The normalized spacial score (nSPS) is 14.8. The summed E-state index contributed by atoms with van der Waals surface area (Å²) >= 11 is 1.62. The van der Waals surface area contributed by atoms with Crippen molar-refractivity contribution in [1.82, 2.24) is 14.8 Å². The molecule has 1 aliphatic heterocycles. The second kappa shape index (κ2) is 12.4. The summed E-state index contributed by atoms with van der Waals surface area (Å²) in [7, 11) is 0. The van der Waals surface area contributed by atoms with E-state index in [1.165, 1.54) is 0 Å².